The van der Waals surface area contributed by atoms with Gasteiger partial charge < -0.3 is 4.74 Å². The zero-order valence-electron chi connectivity index (χ0n) is 20.6. The van der Waals surface area contributed by atoms with E-state index in [9.17, 15) is 13.2 Å². The van der Waals surface area contributed by atoms with Gasteiger partial charge in [-0.25, -0.2) is 0 Å². The topological polar surface area (TPSA) is 22.1 Å². The number of benzene rings is 4. The van der Waals surface area contributed by atoms with Crippen LogP contribution in [0.2, 0.25) is 0 Å². The van der Waals surface area contributed by atoms with Gasteiger partial charge in [0.15, 0.2) is 0 Å². The van der Waals surface area contributed by atoms with Gasteiger partial charge in [0.25, 0.3) is 0 Å². The van der Waals surface area contributed by atoms with Crippen LogP contribution in [0.25, 0.3) is 22.0 Å². The summed E-state index contributed by atoms with van der Waals surface area (Å²) < 4.78 is 47.6. The number of aromatic nitrogens is 1. The van der Waals surface area contributed by atoms with E-state index in [0.717, 1.165) is 33.9 Å². The quantitative estimate of drug-likeness (QED) is 0.234. The van der Waals surface area contributed by atoms with Crippen molar-refractivity contribution in [3.8, 4) is 16.9 Å². The molecule has 5 heteroatoms. The number of aryl methyl sites for hydroxylation is 1. The van der Waals surface area contributed by atoms with Crippen molar-refractivity contribution >= 4 is 10.9 Å². The first-order valence-corrected chi connectivity index (χ1v) is 12.1. The fourth-order valence-corrected chi connectivity index (χ4v) is 4.65. The van der Waals surface area contributed by atoms with E-state index in [-0.39, 0.29) is 5.52 Å². The number of hydrogen-bond acceptors (Lipinski definition) is 2. The lowest BCUT2D eigenvalue weighted by Crippen LogP contribution is -2.07. The highest BCUT2D eigenvalue weighted by molar-refractivity contribution is 5.98. The number of hydrogen-bond donors (Lipinski definition) is 0. The number of alkyl halides is 3. The zero-order valence-corrected chi connectivity index (χ0v) is 20.6. The van der Waals surface area contributed by atoms with Gasteiger partial charge in [0.2, 0.25) is 0 Å². The summed E-state index contributed by atoms with van der Waals surface area (Å²) in [5.74, 6) is 0.654. The number of nitrogens with zero attached hydrogens (tertiary/aromatic N) is 1. The van der Waals surface area contributed by atoms with E-state index in [1.807, 2.05) is 66.7 Å². The van der Waals surface area contributed by atoms with Gasteiger partial charge in [-0.05, 0) is 77.4 Å². The van der Waals surface area contributed by atoms with E-state index < -0.39 is 11.7 Å². The fraction of sp³-hybridized carbons (Fsp3) is 0.156. The third-order valence-corrected chi connectivity index (χ3v) is 6.75. The maximum absolute atomic E-state index is 13.8. The van der Waals surface area contributed by atoms with E-state index in [1.165, 1.54) is 17.2 Å². The van der Waals surface area contributed by atoms with Crippen molar-refractivity contribution in [1.82, 2.24) is 4.98 Å². The molecular formula is C32H26F3NO. The van der Waals surface area contributed by atoms with Crippen molar-refractivity contribution in [1.29, 1.82) is 0 Å². The molecule has 37 heavy (non-hydrogen) atoms. The molecule has 0 saturated carbocycles. The van der Waals surface area contributed by atoms with Crippen molar-refractivity contribution in [2.45, 2.75) is 33.1 Å². The Kier molecular flexibility index (Phi) is 6.70. The minimum absolute atomic E-state index is 0.0523. The number of halogens is 3. The lowest BCUT2D eigenvalue weighted by molar-refractivity contribution is -0.136. The second kappa shape index (κ2) is 10.1. The van der Waals surface area contributed by atoms with Gasteiger partial charge in [-0.2, -0.15) is 13.2 Å². The molecule has 0 unspecified atom stereocenters. The second-order valence-corrected chi connectivity index (χ2v) is 9.20. The van der Waals surface area contributed by atoms with Crippen molar-refractivity contribution in [2.24, 2.45) is 0 Å². The molecule has 0 fully saturated rings. The predicted octanol–water partition coefficient (Wildman–Crippen LogP) is 8.71. The van der Waals surface area contributed by atoms with E-state index in [4.69, 9.17) is 4.74 Å². The molecule has 0 aliphatic carbocycles. The molecule has 5 rings (SSSR count). The van der Waals surface area contributed by atoms with Gasteiger partial charge in [-0.3, -0.25) is 4.98 Å². The summed E-state index contributed by atoms with van der Waals surface area (Å²) in [5.41, 5.74) is 6.12. The molecule has 186 valence electrons. The van der Waals surface area contributed by atoms with Crippen LogP contribution in [0.4, 0.5) is 13.2 Å². The number of pyridine rings is 1. The van der Waals surface area contributed by atoms with Crippen LogP contribution in [-0.4, -0.2) is 4.98 Å². The van der Waals surface area contributed by atoms with Gasteiger partial charge in [-0.15, -0.1) is 0 Å². The molecule has 4 aromatic carbocycles. The minimum Gasteiger partial charge on any atom is -0.489 e. The molecule has 0 amide bonds. The summed E-state index contributed by atoms with van der Waals surface area (Å²) in [4.78, 5) is 4.30. The van der Waals surface area contributed by atoms with Gasteiger partial charge in [-0.1, -0.05) is 72.8 Å². The summed E-state index contributed by atoms with van der Waals surface area (Å²) in [6.07, 6.45) is -2.38. The smallest absolute Gasteiger partial charge is 0.418 e. The standard InChI is InChI=1S/C32H26F3NO/c1-21-9-6-13-25(22(21)2)20-37-27-14-7-12-24(18-27)30-26(17-23-10-4-3-5-11-23)19-36-31-28(30)15-8-16-29(31)32(33,34)35/h3-16,18-19H,17,20H2,1-2H3. The molecule has 1 heterocycles. The van der Waals surface area contributed by atoms with Gasteiger partial charge in [0.05, 0.1) is 11.1 Å². The van der Waals surface area contributed by atoms with E-state index in [0.29, 0.717) is 24.2 Å². The van der Waals surface area contributed by atoms with Gasteiger partial charge in [0.1, 0.15) is 12.4 Å². The maximum Gasteiger partial charge on any atom is 0.418 e. The second-order valence-electron chi connectivity index (χ2n) is 9.20. The molecule has 0 radical (unpaired) electrons. The Morgan fingerprint density at radius 1 is 0.784 bits per heavy atom. The Labute approximate surface area is 214 Å². The Morgan fingerprint density at radius 2 is 1.54 bits per heavy atom. The average molecular weight is 498 g/mol. The van der Waals surface area contributed by atoms with Crippen molar-refractivity contribution in [3.63, 3.8) is 0 Å². The lowest BCUT2D eigenvalue weighted by Gasteiger charge is -2.17. The average Bonchev–Trinajstić information content (AvgIpc) is 2.89. The molecular weight excluding hydrogens is 471 g/mol. The Hall–Kier alpha value is -4.12. The van der Waals surface area contributed by atoms with Crippen LogP contribution in [0.3, 0.4) is 0 Å². The molecule has 0 atom stereocenters. The normalized spacial score (nSPS) is 11.6. The van der Waals surface area contributed by atoms with E-state index in [2.05, 4.69) is 24.9 Å². The molecule has 0 saturated heterocycles. The third kappa shape index (κ3) is 5.21. The molecule has 0 bridgehead atoms. The molecule has 5 aromatic rings. The Bertz CT molecular complexity index is 1560. The fourth-order valence-electron chi connectivity index (χ4n) is 4.65. The van der Waals surface area contributed by atoms with Gasteiger partial charge >= 0.3 is 6.18 Å². The minimum atomic E-state index is -4.50. The SMILES string of the molecule is Cc1cccc(COc2cccc(-c3c(Cc4ccccc4)cnc4c(C(F)(F)F)cccc34)c2)c1C. The number of ether oxygens (including phenoxy) is 1. The van der Waals surface area contributed by atoms with Gasteiger partial charge in [0, 0.05) is 11.6 Å². The summed E-state index contributed by atoms with van der Waals surface area (Å²) in [6.45, 7) is 4.54. The van der Waals surface area contributed by atoms with Crippen LogP contribution in [0.5, 0.6) is 5.75 Å². The van der Waals surface area contributed by atoms with Crippen LogP contribution in [0.1, 0.15) is 33.4 Å². The first-order chi connectivity index (χ1) is 17.8. The van der Waals surface area contributed by atoms with Crippen LogP contribution in [-0.2, 0) is 19.2 Å². The maximum atomic E-state index is 13.8. The number of rotatable bonds is 6. The number of fused-ring (bicyclic) bond motifs is 1. The first-order valence-electron chi connectivity index (χ1n) is 12.1. The lowest BCUT2D eigenvalue weighted by atomic mass is 9.92. The van der Waals surface area contributed by atoms with E-state index in [1.54, 1.807) is 12.3 Å². The Balaban J connectivity index is 1.60. The largest absolute Gasteiger partial charge is 0.489 e. The van der Waals surface area contributed by atoms with Crippen molar-refractivity contribution < 1.29 is 17.9 Å². The van der Waals surface area contributed by atoms with Crippen LogP contribution >= 0.6 is 0 Å². The van der Waals surface area contributed by atoms with Crippen LogP contribution < -0.4 is 4.74 Å². The van der Waals surface area contributed by atoms with Crippen LogP contribution in [0, 0.1) is 13.8 Å². The zero-order chi connectivity index (χ0) is 26.0. The number of para-hydroxylation sites is 1. The van der Waals surface area contributed by atoms with Crippen LogP contribution in [0.15, 0.2) is 97.2 Å². The Morgan fingerprint density at radius 3 is 2.32 bits per heavy atom. The summed E-state index contributed by atoms with van der Waals surface area (Å²) >= 11 is 0. The predicted molar refractivity (Wildman–Crippen MR) is 142 cm³/mol. The molecule has 0 aliphatic heterocycles. The van der Waals surface area contributed by atoms with Crippen molar-refractivity contribution in [2.75, 3.05) is 0 Å². The van der Waals surface area contributed by atoms with Crippen molar-refractivity contribution in [3.05, 3.63) is 131 Å². The highest BCUT2D eigenvalue weighted by Crippen LogP contribution is 2.39. The highest BCUT2D eigenvalue weighted by atomic mass is 19.4. The first kappa shape index (κ1) is 24.6. The molecule has 0 spiro atoms. The summed E-state index contributed by atoms with van der Waals surface area (Å²) in [6, 6.07) is 27.8. The summed E-state index contributed by atoms with van der Waals surface area (Å²) in [5, 5.41) is 0.468. The van der Waals surface area contributed by atoms with E-state index >= 15 is 0 Å². The molecule has 0 N–H and O–H groups in total. The third-order valence-electron chi connectivity index (χ3n) is 6.75. The monoisotopic (exact) mass is 497 g/mol. The molecule has 2 nitrogen and oxygen atoms in total. The summed E-state index contributed by atoms with van der Waals surface area (Å²) in [7, 11) is 0. The molecule has 0 aliphatic rings. The highest BCUT2D eigenvalue weighted by Gasteiger charge is 2.33. The molecule has 1 aromatic heterocycles.